The van der Waals surface area contributed by atoms with E-state index in [0.717, 1.165) is 18.2 Å². The first-order chi connectivity index (χ1) is 8.39. The standard InChI is InChI=1S/C11H9F2NO4/c1-11(17-10(15)16)5-9(14-18-11)7-4-6(12)2-3-8(7)13/h2-4H,5H2,1H3,(H,15,16). The highest BCUT2D eigenvalue weighted by Crippen LogP contribution is 2.28. The van der Waals surface area contributed by atoms with Gasteiger partial charge in [0.15, 0.2) is 0 Å². The molecule has 0 radical (unpaired) electrons. The van der Waals surface area contributed by atoms with Crippen LogP contribution in [0.3, 0.4) is 0 Å². The molecule has 0 spiro atoms. The molecule has 96 valence electrons. The maximum atomic E-state index is 13.5. The Balaban J connectivity index is 2.22. The molecule has 0 aliphatic carbocycles. The number of hydrogen-bond donors (Lipinski definition) is 1. The van der Waals surface area contributed by atoms with Gasteiger partial charge in [0.25, 0.3) is 5.79 Å². The van der Waals surface area contributed by atoms with E-state index in [2.05, 4.69) is 9.89 Å². The average molecular weight is 257 g/mol. The highest BCUT2D eigenvalue weighted by atomic mass is 19.1. The van der Waals surface area contributed by atoms with Crippen LogP contribution in [0.15, 0.2) is 23.4 Å². The Morgan fingerprint density at radius 1 is 1.56 bits per heavy atom. The molecule has 0 amide bonds. The van der Waals surface area contributed by atoms with Gasteiger partial charge in [-0.05, 0) is 18.2 Å². The van der Waals surface area contributed by atoms with Crippen molar-refractivity contribution in [3.8, 4) is 0 Å². The summed E-state index contributed by atoms with van der Waals surface area (Å²) in [4.78, 5) is 15.2. The van der Waals surface area contributed by atoms with Gasteiger partial charge >= 0.3 is 6.16 Å². The lowest BCUT2D eigenvalue weighted by molar-refractivity contribution is -0.180. The zero-order chi connectivity index (χ0) is 13.3. The van der Waals surface area contributed by atoms with Crippen LogP contribution in [0.1, 0.15) is 18.9 Å². The quantitative estimate of drug-likeness (QED) is 0.826. The first-order valence-electron chi connectivity index (χ1n) is 5.02. The van der Waals surface area contributed by atoms with E-state index >= 15 is 0 Å². The largest absolute Gasteiger partial charge is 0.509 e. The second kappa shape index (κ2) is 4.25. The van der Waals surface area contributed by atoms with Crippen LogP contribution in [0, 0.1) is 11.6 Å². The van der Waals surface area contributed by atoms with Gasteiger partial charge in [0.1, 0.15) is 11.6 Å². The number of ether oxygens (including phenoxy) is 1. The van der Waals surface area contributed by atoms with Crippen LogP contribution in [-0.4, -0.2) is 22.8 Å². The van der Waals surface area contributed by atoms with E-state index in [1.807, 2.05) is 0 Å². The molecule has 0 saturated heterocycles. The molecule has 0 fully saturated rings. The van der Waals surface area contributed by atoms with Gasteiger partial charge in [0.05, 0.1) is 12.1 Å². The molecular formula is C11H9F2NO4. The van der Waals surface area contributed by atoms with E-state index < -0.39 is 23.6 Å². The second-order valence-electron chi connectivity index (χ2n) is 3.93. The summed E-state index contributed by atoms with van der Waals surface area (Å²) < 4.78 is 31.0. The highest BCUT2D eigenvalue weighted by molar-refractivity contribution is 6.01. The molecule has 1 N–H and O–H groups in total. The molecule has 1 atom stereocenters. The van der Waals surface area contributed by atoms with Crippen LogP contribution in [0.2, 0.25) is 0 Å². The molecular weight excluding hydrogens is 248 g/mol. The van der Waals surface area contributed by atoms with Crippen molar-refractivity contribution in [3.05, 3.63) is 35.4 Å². The third kappa shape index (κ3) is 2.39. The lowest BCUT2D eigenvalue weighted by Crippen LogP contribution is -2.31. The molecule has 18 heavy (non-hydrogen) atoms. The normalized spacial score (nSPS) is 22.3. The minimum absolute atomic E-state index is 0.0762. The van der Waals surface area contributed by atoms with E-state index in [4.69, 9.17) is 9.94 Å². The zero-order valence-electron chi connectivity index (χ0n) is 9.31. The first-order valence-corrected chi connectivity index (χ1v) is 5.02. The van der Waals surface area contributed by atoms with E-state index in [9.17, 15) is 13.6 Å². The lowest BCUT2D eigenvalue weighted by atomic mass is 10.0. The topological polar surface area (TPSA) is 68.1 Å². The number of benzene rings is 1. The Morgan fingerprint density at radius 3 is 2.94 bits per heavy atom. The molecule has 1 aliphatic rings. The van der Waals surface area contributed by atoms with Gasteiger partial charge in [0, 0.05) is 12.5 Å². The molecule has 0 saturated carbocycles. The molecule has 1 aromatic carbocycles. The van der Waals surface area contributed by atoms with E-state index in [-0.39, 0.29) is 17.7 Å². The SMILES string of the molecule is CC1(OC(=O)O)CC(c2cc(F)ccc2F)=NO1. The fraction of sp³-hybridized carbons (Fsp3) is 0.273. The molecule has 1 heterocycles. The first kappa shape index (κ1) is 12.3. The summed E-state index contributed by atoms with van der Waals surface area (Å²) in [7, 11) is 0. The minimum atomic E-state index is -1.53. The molecule has 1 aromatic rings. The summed E-state index contributed by atoms with van der Waals surface area (Å²) in [5, 5.41) is 12.0. The van der Waals surface area contributed by atoms with E-state index in [0.29, 0.717) is 0 Å². The average Bonchev–Trinajstić information content (AvgIpc) is 2.63. The minimum Gasteiger partial charge on any atom is -0.450 e. The molecule has 0 aromatic heterocycles. The van der Waals surface area contributed by atoms with Gasteiger partial charge in [-0.3, -0.25) is 0 Å². The van der Waals surface area contributed by atoms with Gasteiger partial charge in [-0.25, -0.2) is 13.6 Å². The smallest absolute Gasteiger partial charge is 0.450 e. The lowest BCUT2D eigenvalue weighted by Gasteiger charge is -2.19. The third-order valence-corrected chi connectivity index (χ3v) is 2.38. The maximum absolute atomic E-state index is 13.5. The van der Waals surface area contributed by atoms with Gasteiger partial charge < -0.3 is 14.7 Å². The molecule has 5 nitrogen and oxygen atoms in total. The van der Waals surface area contributed by atoms with Crippen molar-refractivity contribution in [1.82, 2.24) is 0 Å². The third-order valence-electron chi connectivity index (χ3n) is 2.38. The van der Waals surface area contributed by atoms with Gasteiger partial charge in [0.2, 0.25) is 0 Å². The van der Waals surface area contributed by atoms with Crippen molar-refractivity contribution in [2.75, 3.05) is 0 Å². The summed E-state index contributed by atoms with van der Waals surface area (Å²) in [5.74, 6) is -2.81. The van der Waals surface area contributed by atoms with Crippen LogP contribution in [-0.2, 0) is 9.57 Å². The summed E-state index contributed by atoms with van der Waals surface area (Å²) in [5.41, 5.74) is 0.0171. The van der Waals surface area contributed by atoms with Crippen LogP contribution in [0.25, 0.3) is 0 Å². The predicted molar refractivity (Wildman–Crippen MR) is 56.1 cm³/mol. The van der Waals surface area contributed by atoms with Crippen LogP contribution < -0.4 is 0 Å². The van der Waals surface area contributed by atoms with Crippen molar-refractivity contribution in [3.63, 3.8) is 0 Å². The van der Waals surface area contributed by atoms with Gasteiger partial charge in [-0.1, -0.05) is 5.16 Å². The van der Waals surface area contributed by atoms with Crippen molar-refractivity contribution >= 4 is 11.9 Å². The van der Waals surface area contributed by atoms with Gasteiger partial charge in [-0.2, -0.15) is 0 Å². The van der Waals surface area contributed by atoms with Gasteiger partial charge in [-0.15, -0.1) is 0 Å². The predicted octanol–water partition coefficient (Wildman–Crippen LogP) is 2.50. The Labute approximate surface area is 101 Å². The number of nitrogens with zero attached hydrogens (tertiary/aromatic N) is 1. The molecule has 2 rings (SSSR count). The fourth-order valence-electron chi connectivity index (χ4n) is 1.62. The number of hydrogen-bond acceptors (Lipinski definition) is 4. The van der Waals surface area contributed by atoms with E-state index in [1.54, 1.807) is 0 Å². The monoisotopic (exact) mass is 257 g/mol. The number of halogens is 2. The summed E-state index contributed by atoms with van der Waals surface area (Å²) in [6.45, 7) is 1.34. The summed E-state index contributed by atoms with van der Waals surface area (Å²) in [6.07, 6.45) is -1.63. The number of carbonyl (C=O) groups is 1. The second-order valence-corrected chi connectivity index (χ2v) is 3.93. The molecule has 1 aliphatic heterocycles. The van der Waals surface area contributed by atoms with E-state index in [1.165, 1.54) is 6.92 Å². The van der Waals surface area contributed by atoms with Crippen molar-refractivity contribution in [1.29, 1.82) is 0 Å². The molecule has 1 unspecified atom stereocenters. The molecule has 7 heteroatoms. The van der Waals surface area contributed by atoms with Crippen molar-refractivity contribution in [2.24, 2.45) is 5.16 Å². The van der Waals surface area contributed by atoms with Crippen LogP contribution in [0.4, 0.5) is 13.6 Å². The number of oxime groups is 1. The van der Waals surface area contributed by atoms with Crippen molar-refractivity contribution in [2.45, 2.75) is 19.1 Å². The van der Waals surface area contributed by atoms with Crippen LogP contribution >= 0.6 is 0 Å². The summed E-state index contributed by atoms with van der Waals surface area (Å²) in [6, 6.07) is 2.90. The highest BCUT2D eigenvalue weighted by Gasteiger charge is 2.39. The zero-order valence-corrected chi connectivity index (χ0v) is 9.31. The summed E-state index contributed by atoms with van der Waals surface area (Å²) >= 11 is 0. The Hall–Kier alpha value is -2.18. The van der Waals surface area contributed by atoms with Crippen LogP contribution in [0.5, 0.6) is 0 Å². The Kier molecular flexibility index (Phi) is 2.90. The fourth-order valence-corrected chi connectivity index (χ4v) is 1.62. The Morgan fingerprint density at radius 2 is 2.28 bits per heavy atom. The number of rotatable bonds is 2. The van der Waals surface area contributed by atoms with Crippen molar-refractivity contribution < 1.29 is 28.3 Å². The number of carboxylic acid groups (broad SMARTS) is 1. The molecule has 0 bridgehead atoms. The maximum Gasteiger partial charge on any atom is 0.509 e. The Bertz CT molecular complexity index is 532.